The molecule has 2 aromatic carbocycles. The molecule has 0 spiro atoms. The van der Waals surface area contributed by atoms with Crippen LogP contribution in [-0.2, 0) is 37.8 Å². The Morgan fingerprint density at radius 3 is 2.88 bits per heavy atom. The van der Waals surface area contributed by atoms with Gasteiger partial charge in [-0.25, -0.2) is 0 Å². The number of fused-ring (bicyclic) bond motifs is 10. The van der Waals surface area contributed by atoms with Gasteiger partial charge < -0.3 is 14.7 Å². The van der Waals surface area contributed by atoms with Crippen LogP contribution in [0.4, 0.5) is 0 Å². The van der Waals surface area contributed by atoms with Crippen LogP contribution in [0.5, 0.6) is 0 Å². The third kappa shape index (κ3) is 2.39. The molecule has 0 atom stereocenters. The van der Waals surface area contributed by atoms with Gasteiger partial charge >= 0.3 is 0 Å². The zero-order valence-electron chi connectivity index (χ0n) is 18.7. The molecule has 3 heterocycles. The average molecular weight is 428 g/mol. The fraction of sp³-hybridized carbons (Fsp3) is 0.320. The summed E-state index contributed by atoms with van der Waals surface area (Å²) in [5, 5.41) is 14.2. The fourth-order valence-corrected chi connectivity index (χ4v) is 5.66. The quantitative estimate of drug-likeness (QED) is 0.398. The van der Waals surface area contributed by atoms with Gasteiger partial charge in [0.2, 0.25) is 0 Å². The summed E-state index contributed by atoms with van der Waals surface area (Å²) in [6.45, 7) is 5.54. The molecule has 7 heteroatoms. The average Bonchev–Trinajstić information content (AvgIpc) is 3.45. The van der Waals surface area contributed by atoms with Crippen LogP contribution >= 0.6 is 0 Å². The topological polar surface area (TPSA) is 73.4 Å². The van der Waals surface area contributed by atoms with Crippen molar-refractivity contribution in [2.45, 2.75) is 39.8 Å². The van der Waals surface area contributed by atoms with Crippen LogP contribution in [0, 0.1) is 0 Å². The predicted octanol–water partition coefficient (Wildman–Crippen LogP) is 3.93. The molecule has 1 aliphatic heterocycles. The third-order valence-electron chi connectivity index (χ3n) is 6.91. The van der Waals surface area contributed by atoms with Crippen molar-refractivity contribution in [3.05, 3.63) is 52.3 Å². The number of aromatic nitrogens is 3. The Morgan fingerprint density at radius 2 is 2.09 bits per heavy atom. The molecule has 4 aromatic rings. The summed E-state index contributed by atoms with van der Waals surface area (Å²) in [6, 6.07) is 6.46. The molecule has 0 unspecified atom stereocenters. The van der Waals surface area contributed by atoms with Gasteiger partial charge in [0, 0.05) is 53.8 Å². The van der Waals surface area contributed by atoms with Gasteiger partial charge in [-0.2, -0.15) is 5.10 Å². The highest BCUT2D eigenvalue weighted by molar-refractivity contribution is 6.20. The molecule has 0 saturated carbocycles. The first-order valence-corrected chi connectivity index (χ1v) is 11.1. The molecule has 0 saturated heterocycles. The summed E-state index contributed by atoms with van der Waals surface area (Å²) in [5.41, 5.74) is 10.7. The molecule has 1 N–H and O–H groups in total. The van der Waals surface area contributed by atoms with E-state index in [2.05, 4.69) is 51.5 Å². The number of benzene rings is 2. The fourth-order valence-electron chi connectivity index (χ4n) is 5.66. The van der Waals surface area contributed by atoms with Crippen LogP contribution in [0.25, 0.3) is 32.9 Å². The van der Waals surface area contributed by atoms with Crippen molar-refractivity contribution in [3.63, 3.8) is 0 Å². The lowest BCUT2D eigenvalue weighted by molar-refractivity contribution is 0.0966. The van der Waals surface area contributed by atoms with Crippen LogP contribution in [-0.4, -0.2) is 33.1 Å². The van der Waals surface area contributed by atoms with Crippen molar-refractivity contribution in [2.24, 2.45) is 12.2 Å². The summed E-state index contributed by atoms with van der Waals surface area (Å²) in [4.78, 5) is 18.1. The van der Waals surface area contributed by atoms with Gasteiger partial charge in [0.15, 0.2) is 0 Å². The maximum absolute atomic E-state index is 13.1. The van der Waals surface area contributed by atoms with Crippen LogP contribution in [0.1, 0.15) is 46.6 Å². The highest BCUT2D eigenvalue weighted by Gasteiger charge is 2.35. The first-order valence-electron chi connectivity index (χ1n) is 11.1. The Morgan fingerprint density at radius 1 is 1.25 bits per heavy atom. The largest absolute Gasteiger partial charge is 0.399 e. The Labute approximate surface area is 185 Å². The van der Waals surface area contributed by atoms with Gasteiger partial charge in [-0.05, 0) is 55.5 Å². The van der Waals surface area contributed by atoms with Gasteiger partial charge in [-0.1, -0.05) is 11.2 Å². The standard InChI is InChI=1S/C25H25N5O2/c1-5-30-20-9-6-14(13(2)28-32-4)10-16(20)22-17-11-26-25(31)23(17)21-15(24(22)30)7-8-19-18(21)12-29(3)27-19/h6,9-10,12H,5,7-8,11H2,1-4H3,(H,26,31)/b28-13+. The van der Waals surface area contributed by atoms with Crippen LogP contribution in [0.3, 0.4) is 0 Å². The number of rotatable bonds is 3. The van der Waals surface area contributed by atoms with E-state index in [1.54, 1.807) is 7.11 Å². The molecule has 2 aromatic heterocycles. The van der Waals surface area contributed by atoms with Crippen LogP contribution < -0.4 is 5.32 Å². The Bertz CT molecular complexity index is 1490. The monoisotopic (exact) mass is 427 g/mol. The van der Waals surface area contributed by atoms with E-state index in [-0.39, 0.29) is 5.91 Å². The molecule has 1 aliphatic carbocycles. The van der Waals surface area contributed by atoms with E-state index in [0.717, 1.165) is 64.0 Å². The molecule has 0 radical (unpaired) electrons. The molecule has 7 nitrogen and oxygen atoms in total. The third-order valence-corrected chi connectivity index (χ3v) is 6.91. The Balaban J connectivity index is 1.80. The summed E-state index contributed by atoms with van der Waals surface area (Å²) in [6.07, 6.45) is 3.82. The minimum absolute atomic E-state index is 0.0144. The second-order valence-electron chi connectivity index (χ2n) is 8.61. The highest BCUT2D eigenvalue weighted by atomic mass is 16.6. The van der Waals surface area contributed by atoms with Crippen LogP contribution in [0.2, 0.25) is 0 Å². The highest BCUT2D eigenvalue weighted by Crippen LogP contribution is 2.46. The molecule has 162 valence electrons. The number of amides is 1. The lowest BCUT2D eigenvalue weighted by atomic mass is 9.82. The number of aryl methyl sites for hydroxylation is 4. The van der Waals surface area contributed by atoms with Crippen molar-refractivity contribution < 1.29 is 9.63 Å². The summed E-state index contributed by atoms with van der Waals surface area (Å²) < 4.78 is 4.27. The zero-order chi connectivity index (χ0) is 22.1. The Kier molecular flexibility index (Phi) is 4.00. The molecule has 2 aliphatic rings. The van der Waals surface area contributed by atoms with Gasteiger partial charge in [-0.3, -0.25) is 9.48 Å². The number of nitrogens with one attached hydrogen (secondary N) is 1. The van der Waals surface area contributed by atoms with Crippen molar-refractivity contribution in [1.29, 1.82) is 0 Å². The second-order valence-corrected chi connectivity index (χ2v) is 8.61. The van der Waals surface area contributed by atoms with Crippen molar-refractivity contribution in [3.8, 4) is 11.1 Å². The summed E-state index contributed by atoms with van der Waals surface area (Å²) in [7, 11) is 3.51. The number of nitrogens with zero attached hydrogens (tertiary/aromatic N) is 4. The molecular formula is C25H25N5O2. The van der Waals surface area contributed by atoms with Crippen molar-refractivity contribution >= 4 is 33.4 Å². The number of hydrogen-bond acceptors (Lipinski definition) is 4. The zero-order valence-corrected chi connectivity index (χ0v) is 18.7. The lowest BCUT2D eigenvalue weighted by Gasteiger charge is -2.21. The smallest absolute Gasteiger partial charge is 0.252 e. The van der Waals surface area contributed by atoms with E-state index in [1.807, 2.05) is 18.7 Å². The maximum Gasteiger partial charge on any atom is 0.252 e. The summed E-state index contributed by atoms with van der Waals surface area (Å²) in [5.74, 6) is 0.0144. The second kappa shape index (κ2) is 6.69. The van der Waals surface area contributed by atoms with Crippen molar-refractivity contribution in [1.82, 2.24) is 19.7 Å². The number of carbonyl (C=O) groups is 1. The van der Waals surface area contributed by atoms with E-state index >= 15 is 0 Å². The van der Waals surface area contributed by atoms with E-state index in [1.165, 1.54) is 22.0 Å². The molecular weight excluding hydrogens is 402 g/mol. The molecule has 0 fully saturated rings. The normalized spacial score (nSPS) is 15.1. The van der Waals surface area contributed by atoms with Gasteiger partial charge in [0.05, 0.1) is 22.5 Å². The number of carbonyl (C=O) groups excluding carboxylic acids is 1. The first-order chi connectivity index (χ1) is 15.5. The molecule has 1 amide bonds. The Hall–Kier alpha value is -3.61. The van der Waals surface area contributed by atoms with Gasteiger partial charge in [-0.15, -0.1) is 0 Å². The maximum atomic E-state index is 13.1. The van der Waals surface area contributed by atoms with E-state index in [9.17, 15) is 4.79 Å². The lowest BCUT2D eigenvalue weighted by Crippen LogP contribution is -2.15. The number of oxime groups is 1. The van der Waals surface area contributed by atoms with E-state index < -0.39 is 0 Å². The molecule has 0 bridgehead atoms. The van der Waals surface area contributed by atoms with Gasteiger partial charge in [0.1, 0.15) is 7.11 Å². The van der Waals surface area contributed by atoms with Crippen LogP contribution in [0.15, 0.2) is 29.6 Å². The molecule has 32 heavy (non-hydrogen) atoms. The number of hydrogen-bond donors (Lipinski definition) is 1. The van der Waals surface area contributed by atoms with E-state index in [0.29, 0.717) is 6.54 Å². The first kappa shape index (κ1) is 19.1. The SMILES string of the molecule is CCn1c2ccc(/C(C)=N/OC)cc2c2c3c(c4c(c21)CCc1nn(C)cc1-4)C(=O)NC3. The minimum Gasteiger partial charge on any atom is -0.399 e. The predicted molar refractivity (Wildman–Crippen MR) is 125 cm³/mol. The summed E-state index contributed by atoms with van der Waals surface area (Å²) >= 11 is 0. The van der Waals surface area contributed by atoms with E-state index in [4.69, 9.17) is 4.84 Å². The molecule has 6 rings (SSSR count). The minimum atomic E-state index is 0.0144. The van der Waals surface area contributed by atoms with Gasteiger partial charge in [0.25, 0.3) is 5.91 Å². The van der Waals surface area contributed by atoms with Crippen molar-refractivity contribution in [2.75, 3.05) is 7.11 Å².